The van der Waals surface area contributed by atoms with Crippen molar-refractivity contribution < 1.29 is 9.53 Å². The topological polar surface area (TPSA) is 45.1 Å². The van der Waals surface area contributed by atoms with Crippen molar-refractivity contribution in [3.05, 3.63) is 64.7 Å². The largest absolute Gasteiger partial charge is 0.497 e. The first-order chi connectivity index (χ1) is 15.0. The molecule has 0 aromatic heterocycles. The Bertz CT molecular complexity index is 984. The van der Waals surface area contributed by atoms with E-state index in [0.29, 0.717) is 19.0 Å². The molecule has 1 fully saturated rings. The van der Waals surface area contributed by atoms with Gasteiger partial charge in [-0.2, -0.15) is 5.10 Å². The van der Waals surface area contributed by atoms with Gasteiger partial charge in [-0.05, 0) is 69.5 Å². The van der Waals surface area contributed by atoms with E-state index in [0.717, 1.165) is 42.0 Å². The van der Waals surface area contributed by atoms with Crippen molar-refractivity contribution in [3.63, 3.8) is 0 Å². The summed E-state index contributed by atoms with van der Waals surface area (Å²) >= 11 is 0. The second-order valence-corrected chi connectivity index (χ2v) is 8.92. The molecule has 31 heavy (non-hydrogen) atoms. The van der Waals surface area contributed by atoms with Crippen LogP contribution in [0.15, 0.2) is 47.6 Å². The minimum Gasteiger partial charge on any atom is -0.497 e. The molecule has 1 amide bonds. The molecule has 1 saturated heterocycles. The first-order valence-corrected chi connectivity index (χ1v) is 11.3. The van der Waals surface area contributed by atoms with Gasteiger partial charge in [0.25, 0.3) is 5.91 Å². The lowest BCUT2D eigenvalue weighted by atomic mass is 9.95. The minimum atomic E-state index is -0.113. The predicted molar refractivity (Wildman–Crippen MR) is 125 cm³/mol. The molecule has 4 rings (SSSR count). The van der Waals surface area contributed by atoms with Gasteiger partial charge in [-0.1, -0.05) is 36.2 Å². The van der Waals surface area contributed by atoms with Gasteiger partial charge in [-0.25, -0.2) is 5.01 Å². The number of methoxy groups -OCH3 is 1. The molecule has 0 spiro atoms. The molecular weight excluding hydrogens is 386 g/mol. The van der Waals surface area contributed by atoms with E-state index in [1.54, 1.807) is 12.1 Å². The second kappa shape index (κ2) is 9.23. The van der Waals surface area contributed by atoms with Gasteiger partial charge in [0.1, 0.15) is 5.75 Å². The van der Waals surface area contributed by atoms with Gasteiger partial charge in [0, 0.05) is 18.0 Å². The number of aryl methyl sites for hydroxylation is 2. The molecule has 164 valence electrons. The summed E-state index contributed by atoms with van der Waals surface area (Å²) in [6.45, 7) is 7.83. The van der Waals surface area contributed by atoms with Crippen molar-refractivity contribution in [2.75, 3.05) is 20.2 Å². The van der Waals surface area contributed by atoms with Crippen LogP contribution in [-0.2, 0) is 4.79 Å². The number of benzene rings is 2. The van der Waals surface area contributed by atoms with E-state index in [1.165, 1.54) is 17.5 Å². The van der Waals surface area contributed by atoms with Crippen LogP contribution < -0.4 is 4.74 Å². The molecule has 0 radical (unpaired) electrons. The molecule has 5 nitrogen and oxygen atoms in total. The normalized spacial score (nSPS) is 21.8. The van der Waals surface area contributed by atoms with Crippen molar-refractivity contribution in [1.82, 2.24) is 9.91 Å². The first-order valence-electron chi connectivity index (χ1n) is 11.3. The summed E-state index contributed by atoms with van der Waals surface area (Å²) in [4.78, 5) is 15.8. The monoisotopic (exact) mass is 419 g/mol. The van der Waals surface area contributed by atoms with Crippen LogP contribution in [-0.4, -0.2) is 47.8 Å². The Morgan fingerprint density at radius 2 is 2.00 bits per heavy atom. The molecule has 2 aromatic rings. The third-order valence-corrected chi connectivity index (χ3v) is 6.63. The van der Waals surface area contributed by atoms with Crippen LogP contribution in [0.3, 0.4) is 0 Å². The Hall–Kier alpha value is -2.66. The number of hydrazone groups is 1. The van der Waals surface area contributed by atoms with Gasteiger partial charge in [0.05, 0.1) is 25.4 Å². The van der Waals surface area contributed by atoms with Crippen LogP contribution in [0.2, 0.25) is 0 Å². The van der Waals surface area contributed by atoms with Gasteiger partial charge in [-0.15, -0.1) is 0 Å². The molecule has 0 N–H and O–H groups in total. The summed E-state index contributed by atoms with van der Waals surface area (Å²) in [5.74, 6) is 0.872. The fraction of sp³-hybridized carbons (Fsp3) is 0.462. The van der Waals surface area contributed by atoms with Crippen LogP contribution in [0.4, 0.5) is 0 Å². The lowest BCUT2D eigenvalue weighted by molar-refractivity contribution is -0.135. The van der Waals surface area contributed by atoms with Crippen LogP contribution in [0, 0.1) is 13.8 Å². The Morgan fingerprint density at radius 3 is 2.77 bits per heavy atom. The van der Waals surface area contributed by atoms with Crippen molar-refractivity contribution in [2.24, 2.45) is 5.10 Å². The number of hydrogen-bond donors (Lipinski definition) is 0. The summed E-state index contributed by atoms with van der Waals surface area (Å²) in [5, 5.41) is 6.63. The zero-order chi connectivity index (χ0) is 22.0. The van der Waals surface area contributed by atoms with Gasteiger partial charge in [-0.3, -0.25) is 9.69 Å². The summed E-state index contributed by atoms with van der Waals surface area (Å²) in [6, 6.07) is 14.8. The SMILES string of the molecule is COc1cccc([C@@H]2CC(c3cc(C)ccc3C)=NN2C(=O)CN2CCCC[C@@H]2C)c1. The summed E-state index contributed by atoms with van der Waals surface area (Å²) in [6.07, 6.45) is 4.27. The Balaban J connectivity index is 1.66. The third kappa shape index (κ3) is 4.67. The molecule has 0 saturated carbocycles. The molecule has 5 heteroatoms. The molecule has 2 aliphatic rings. The maximum Gasteiger partial charge on any atom is 0.257 e. The maximum atomic E-state index is 13.5. The zero-order valence-electron chi connectivity index (χ0n) is 19.1. The molecule has 2 atom stereocenters. The number of rotatable bonds is 5. The van der Waals surface area contributed by atoms with E-state index >= 15 is 0 Å². The minimum absolute atomic E-state index is 0.0712. The molecular formula is C26H33N3O2. The number of nitrogens with zero attached hydrogens (tertiary/aromatic N) is 3. The number of ether oxygens (including phenoxy) is 1. The van der Waals surface area contributed by atoms with Crippen LogP contribution in [0.1, 0.15) is 60.9 Å². The number of hydrogen-bond acceptors (Lipinski definition) is 4. The quantitative estimate of drug-likeness (QED) is 0.695. The number of carbonyl (C=O) groups is 1. The van der Waals surface area contributed by atoms with Gasteiger partial charge in [0.2, 0.25) is 0 Å². The molecule has 2 aromatic carbocycles. The van der Waals surface area contributed by atoms with Crippen molar-refractivity contribution in [2.45, 2.75) is 58.5 Å². The van der Waals surface area contributed by atoms with E-state index in [1.807, 2.05) is 18.2 Å². The number of likely N-dealkylation sites (tertiary alicyclic amines) is 1. The van der Waals surface area contributed by atoms with E-state index in [9.17, 15) is 4.79 Å². The van der Waals surface area contributed by atoms with Crippen molar-refractivity contribution in [3.8, 4) is 5.75 Å². The van der Waals surface area contributed by atoms with E-state index in [2.05, 4.69) is 49.9 Å². The lowest BCUT2D eigenvalue weighted by Gasteiger charge is -2.34. The maximum absolute atomic E-state index is 13.5. The van der Waals surface area contributed by atoms with E-state index in [-0.39, 0.29) is 11.9 Å². The fourth-order valence-electron chi connectivity index (χ4n) is 4.70. The van der Waals surface area contributed by atoms with Crippen molar-refractivity contribution in [1.29, 1.82) is 0 Å². The van der Waals surface area contributed by atoms with Gasteiger partial charge < -0.3 is 4.74 Å². The number of amides is 1. The highest BCUT2D eigenvalue weighted by Gasteiger charge is 2.35. The highest BCUT2D eigenvalue weighted by molar-refractivity contribution is 6.04. The lowest BCUT2D eigenvalue weighted by Crippen LogP contribution is -2.44. The number of carbonyl (C=O) groups excluding carboxylic acids is 1. The average Bonchev–Trinajstić information content (AvgIpc) is 3.22. The van der Waals surface area contributed by atoms with Crippen LogP contribution in [0.5, 0.6) is 5.75 Å². The Morgan fingerprint density at radius 1 is 1.16 bits per heavy atom. The molecule has 0 aliphatic carbocycles. The molecule has 0 bridgehead atoms. The van der Waals surface area contributed by atoms with E-state index < -0.39 is 0 Å². The van der Waals surface area contributed by atoms with Gasteiger partial charge in [0.15, 0.2) is 0 Å². The third-order valence-electron chi connectivity index (χ3n) is 6.63. The van der Waals surface area contributed by atoms with Gasteiger partial charge >= 0.3 is 0 Å². The smallest absolute Gasteiger partial charge is 0.257 e. The highest BCUT2D eigenvalue weighted by Crippen LogP contribution is 2.35. The Kier molecular flexibility index (Phi) is 6.42. The standard InChI is InChI=1S/C26H33N3O2/c1-18-11-12-19(2)23(14-18)24-16-25(21-9-7-10-22(15-21)31-4)29(27-24)26(30)17-28-13-6-5-8-20(28)3/h7,9-12,14-15,20,25H,5-6,8,13,16-17H2,1-4H3/t20-,25-/m0/s1. The summed E-state index contributed by atoms with van der Waals surface area (Å²) in [7, 11) is 1.67. The molecule has 2 aliphatic heterocycles. The molecule has 0 unspecified atom stereocenters. The fourth-order valence-corrected chi connectivity index (χ4v) is 4.70. The highest BCUT2D eigenvalue weighted by atomic mass is 16.5. The molecule has 2 heterocycles. The summed E-state index contributed by atoms with van der Waals surface area (Å²) < 4.78 is 5.44. The zero-order valence-corrected chi connectivity index (χ0v) is 19.1. The first kappa shape index (κ1) is 21.6. The second-order valence-electron chi connectivity index (χ2n) is 8.92. The number of piperidine rings is 1. The summed E-state index contributed by atoms with van der Waals surface area (Å²) in [5.41, 5.74) is 5.56. The van der Waals surface area contributed by atoms with Crippen LogP contribution in [0.25, 0.3) is 0 Å². The predicted octanol–water partition coefficient (Wildman–Crippen LogP) is 4.86. The van der Waals surface area contributed by atoms with Crippen molar-refractivity contribution >= 4 is 11.6 Å². The Labute approximate surface area is 185 Å². The average molecular weight is 420 g/mol. The van der Waals surface area contributed by atoms with E-state index in [4.69, 9.17) is 9.84 Å². The van der Waals surface area contributed by atoms with Crippen LogP contribution >= 0.6 is 0 Å².